The van der Waals surface area contributed by atoms with Gasteiger partial charge in [0.25, 0.3) is 0 Å². The Hall–Kier alpha value is -1.14. The molecule has 0 saturated carbocycles. The van der Waals surface area contributed by atoms with E-state index in [-0.39, 0.29) is 25.0 Å². The molecular weight excluding hydrogens is 224 g/mol. The van der Waals surface area contributed by atoms with Crippen molar-refractivity contribution in [3.05, 3.63) is 0 Å². The molecule has 1 heterocycles. The molecule has 0 aliphatic carbocycles. The lowest BCUT2D eigenvalue weighted by Crippen LogP contribution is -2.43. The van der Waals surface area contributed by atoms with Crippen LogP contribution in [0.3, 0.4) is 0 Å². The number of hydrogen-bond donors (Lipinski definition) is 3. The van der Waals surface area contributed by atoms with Crippen LogP contribution in [-0.4, -0.2) is 49.3 Å². The SMILES string of the molecule is CC(C)(CNC(=O)CC1CNCCO1)C(=O)O. The zero-order valence-electron chi connectivity index (χ0n) is 10.3. The fourth-order valence-corrected chi connectivity index (χ4v) is 1.42. The molecule has 6 heteroatoms. The van der Waals surface area contributed by atoms with Crippen LogP contribution in [0.25, 0.3) is 0 Å². The smallest absolute Gasteiger partial charge is 0.310 e. The Morgan fingerprint density at radius 2 is 2.24 bits per heavy atom. The first-order chi connectivity index (χ1) is 7.92. The number of carboxylic acid groups (broad SMARTS) is 1. The lowest BCUT2D eigenvalue weighted by Gasteiger charge is -2.24. The van der Waals surface area contributed by atoms with E-state index < -0.39 is 11.4 Å². The second kappa shape index (κ2) is 5.97. The zero-order valence-corrected chi connectivity index (χ0v) is 10.3. The van der Waals surface area contributed by atoms with E-state index in [9.17, 15) is 9.59 Å². The summed E-state index contributed by atoms with van der Waals surface area (Å²) in [6.07, 6.45) is 0.152. The minimum atomic E-state index is -0.943. The molecule has 0 aromatic heterocycles. The molecule has 3 N–H and O–H groups in total. The van der Waals surface area contributed by atoms with Gasteiger partial charge >= 0.3 is 5.97 Å². The molecule has 1 rings (SSSR count). The Labute approximate surface area is 101 Å². The minimum absolute atomic E-state index is 0.114. The first-order valence-electron chi connectivity index (χ1n) is 5.74. The molecule has 1 aliphatic rings. The fourth-order valence-electron chi connectivity index (χ4n) is 1.42. The molecule has 98 valence electrons. The number of carbonyl (C=O) groups is 2. The average Bonchev–Trinajstić information content (AvgIpc) is 2.28. The maximum atomic E-state index is 11.6. The molecule has 1 fully saturated rings. The molecule has 1 unspecified atom stereocenters. The van der Waals surface area contributed by atoms with Gasteiger partial charge in [-0.3, -0.25) is 9.59 Å². The van der Waals surface area contributed by atoms with Crippen LogP contribution in [0.4, 0.5) is 0 Å². The second-order valence-corrected chi connectivity index (χ2v) is 4.87. The first-order valence-corrected chi connectivity index (χ1v) is 5.74. The van der Waals surface area contributed by atoms with Gasteiger partial charge < -0.3 is 20.5 Å². The summed E-state index contributed by atoms with van der Waals surface area (Å²) < 4.78 is 5.39. The summed E-state index contributed by atoms with van der Waals surface area (Å²) in [4.78, 5) is 22.4. The van der Waals surface area contributed by atoms with Gasteiger partial charge in [-0.25, -0.2) is 0 Å². The summed E-state index contributed by atoms with van der Waals surface area (Å²) in [6, 6.07) is 0. The van der Waals surface area contributed by atoms with E-state index >= 15 is 0 Å². The molecule has 0 bridgehead atoms. The lowest BCUT2D eigenvalue weighted by molar-refractivity contribution is -0.146. The van der Waals surface area contributed by atoms with Gasteiger partial charge in [0.05, 0.1) is 24.5 Å². The topological polar surface area (TPSA) is 87.7 Å². The van der Waals surface area contributed by atoms with Crippen molar-refractivity contribution in [3.63, 3.8) is 0 Å². The van der Waals surface area contributed by atoms with Crippen molar-refractivity contribution in [2.75, 3.05) is 26.2 Å². The summed E-state index contributed by atoms with van der Waals surface area (Å²) in [7, 11) is 0. The summed E-state index contributed by atoms with van der Waals surface area (Å²) >= 11 is 0. The van der Waals surface area contributed by atoms with E-state index in [1.54, 1.807) is 13.8 Å². The monoisotopic (exact) mass is 244 g/mol. The Bertz CT molecular complexity index is 285. The van der Waals surface area contributed by atoms with Crippen molar-refractivity contribution < 1.29 is 19.4 Å². The lowest BCUT2D eigenvalue weighted by atomic mass is 9.94. The van der Waals surface area contributed by atoms with Gasteiger partial charge in [0, 0.05) is 19.6 Å². The van der Waals surface area contributed by atoms with Gasteiger partial charge in [-0.15, -0.1) is 0 Å². The second-order valence-electron chi connectivity index (χ2n) is 4.87. The quantitative estimate of drug-likeness (QED) is 0.612. The molecular formula is C11H20N2O4. The number of nitrogens with one attached hydrogen (secondary N) is 2. The van der Waals surface area contributed by atoms with Crippen molar-refractivity contribution in [1.29, 1.82) is 0 Å². The molecule has 1 saturated heterocycles. The average molecular weight is 244 g/mol. The van der Waals surface area contributed by atoms with E-state index in [1.165, 1.54) is 0 Å². The van der Waals surface area contributed by atoms with Gasteiger partial charge in [-0.2, -0.15) is 0 Å². The number of morpholine rings is 1. The molecule has 1 atom stereocenters. The number of carbonyl (C=O) groups excluding carboxylic acids is 1. The van der Waals surface area contributed by atoms with E-state index in [4.69, 9.17) is 9.84 Å². The number of aliphatic carboxylic acids is 1. The molecule has 0 spiro atoms. The number of amides is 1. The van der Waals surface area contributed by atoms with Gasteiger partial charge in [0.1, 0.15) is 0 Å². The fraction of sp³-hybridized carbons (Fsp3) is 0.818. The predicted molar refractivity (Wildman–Crippen MR) is 61.7 cm³/mol. The Kier molecular flexibility index (Phi) is 4.89. The Morgan fingerprint density at radius 3 is 2.76 bits per heavy atom. The van der Waals surface area contributed by atoms with Crippen LogP contribution >= 0.6 is 0 Å². The van der Waals surface area contributed by atoms with Crippen LogP contribution in [0.2, 0.25) is 0 Å². The highest BCUT2D eigenvalue weighted by Crippen LogP contribution is 2.13. The maximum absolute atomic E-state index is 11.6. The van der Waals surface area contributed by atoms with Crippen LogP contribution in [0, 0.1) is 5.41 Å². The molecule has 1 aliphatic heterocycles. The van der Waals surface area contributed by atoms with E-state index in [2.05, 4.69) is 10.6 Å². The normalized spacial score (nSPS) is 20.9. The summed E-state index contributed by atoms with van der Waals surface area (Å²) in [6.45, 7) is 5.36. The van der Waals surface area contributed by atoms with Gasteiger partial charge in [-0.1, -0.05) is 0 Å². The maximum Gasteiger partial charge on any atom is 0.310 e. The molecule has 0 aromatic carbocycles. The van der Waals surface area contributed by atoms with Crippen LogP contribution in [-0.2, 0) is 14.3 Å². The number of rotatable bonds is 5. The third-order valence-corrected chi connectivity index (χ3v) is 2.72. The van der Waals surface area contributed by atoms with Crippen molar-refractivity contribution in [3.8, 4) is 0 Å². The van der Waals surface area contributed by atoms with Crippen molar-refractivity contribution in [1.82, 2.24) is 10.6 Å². The summed E-state index contributed by atoms with van der Waals surface area (Å²) in [5.74, 6) is -1.10. The van der Waals surface area contributed by atoms with E-state index in [1.807, 2.05) is 0 Å². The molecule has 17 heavy (non-hydrogen) atoms. The van der Waals surface area contributed by atoms with Crippen molar-refractivity contribution >= 4 is 11.9 Å². The Morgan fingerprint density at radius 1 is 1.53 bits per heavy atom. The van der Waals surface area contributed by atoms with Crippen LogP contribution in [0.15, 0.2) is 0 Å². The Balaban J connectivity index is 2.27. The molecule has 0 aromatic rings. The number of carboxylic acids is 1. The van der Waals surface area contributed by atoms with Crippen LogP contribution in [0.5, 0.6) is 0 Å². The first kappa shape index (κ1) is 13.9. The largest absolute Gasteiger partial charge is 0.481 e. The standard InChI is InChI=1S/C11H20N2O4/c1-11(2,10(15)16)7-13-9(14)5-8-6-12-3-4-17-8/h8,12H,3-7H2,1-2H3,(H,13,14)(H,15,16). The highest BCUT2D eigenvalue weighted by molar-refractivity contribution is 5.78. The number of hydrogen-bond acceptors (Lipinski definition) is 4. The predicted octanol–water partition coefficient (Wildman–Crippen LogP) is -0.408. The highest BCUT2D eigenvalue weighted by Gasteiger charge is 2.28. The summed E-state index contributed by atoms with van der Waals surface area (Å²) in [5, 5.41) is 14.6. The van der Waals surface area contributed by atoms with E-state index in [0.717, 1.165) is 6.54 Å². The van der Waals surface area contributed by atoms with Crippen LogP contribution in [0.1, 0.15) is 20.3 Å². The zero-order chi connectivity index (χ0) is 12.9. The third-order valence-electron chi connectivity index (χ3n) is 2.72. The molecule has 0 radical (unpaired) electrons. The third kappa shape index (κ3) is 4.70. The van der Waals surface area contributed by atoms with Crippen molar-refractivity contribution in [2.24, 2.45) is 5.41 Å². The van der Waals surface area contributed by atoms with Gasteiger partial charge in [-0.05, 0) is 13.8 Å². The highest BCUT2D eigenvalue weighted by atomic mass is 16.5. The minimum Gasteiger partial charge on any atom is -0.481 e. The molecule has 1 amide bonds. The van der Waals surface area contributed by atoms with Crippen molar-refractivity contribution in [2.45, 2.75) is 26.4 Å². The van der Waals surface area contributed by atoms with Gasteiger partial charge in [0.2, 0.25) is 5.91 Å². The molecule has 6 nitrogen and oxygen atoms in total. The van der Waals surface area contributed by atoms with E-state index in [0.29, 0.717) is 13.2 Å². The summed E-state index contributed by atoms with van der Waals surface area (Å²) in [5.41, 5.74) is -0.943. The van der Waals surface area contributed by atoms with Gasteiger partial charge in [0.15, 0.2) is 0 Å². The number of ether oxygens (including phenoxy) is 1. The van der Waals surface area contributed by atoms with Crippen LogP contribution < -0.4 is 10.6 Å².